The fourth-order valence-corrected chi connectivity index (χ4v) is 3.53. The fraction of sp³-hybridized carbons (Fsp3) is 0.474. The van der Waals surface area contributed by atoms with Crippen LogP contribution in [0.3, 0.4) is 0 Å². The van der Waals surface area contributed by atoms with Crippen molar-refractivity contribution < 1.29 is 14.3 Å². The second-order valence-electron chi connectivity index (χ2n) is 7.15. The van der Waals surface area contributed by atoms with Crippen LogP contribution in [-0.2, 0) is 22.6 Å². The number of hydrogen-bond donors (Lipinski definition) is 0. The number of hydrogen-bond acceptors (Lipinski definition) is 5. The molecular formula is C19H24BN3O3. The van der Waals surface area contributed by atoms with Crippen molar-refractivity contribution in [1.29, 1.82) is 0 Å². The van der Waals surface area contributed by atoms with Gasteiger partial charge in [-0.25, -0.2) is 9.78 Å². The highest BCUT2D eigenvalue weighted by Gasteiger charge is 2.23. The minimum absolute atomic E-state index is 0.233. The summed E-state index contributed by atoms with van der Waals surface area (Å²) in [6, 6.07) is 5.57. The summed E-state index contributed by atoms with van der Waals surface area (Å²) in [6.45, 7) is 4.43. The van der Waals surface area contributed by atoms with Gasteiger partial charge in [-0.05, 0) is 31.0 Å². The molecule has 2 aliphatic heterocycles. The van der Waals surface area contributed by atoms with E-state index >= 15 is 0 Å². The lowest BCUT2D eigenvalue weighted by molar-refractivity contribution is -0.0591. The van der Waals surface area contributed by atoms with Crippen molar-refractivity contribution in [2.24, 2.45) is 0 Å². The second-order valence-corrected chi connectivity index (χ2v) is 7.15. The highest BCUT2D eigenvalue weighted by molar-refractivity contribution is 6.21. The molecule has 0 bridgehead atoms. The van der Waals surface area contributed by atoms with Gasteiger partial charge in [-0.2, -0.15) is 0 Å². The van der Waals surface area contributed by atoms with E-state index in [-0.39, 0.29) is 12.1 Å². The summed E-state index contributed by atoms with van der Waals surface area (Å²) in [5.41, 5.74) is 3.90. The van der Waals surface area contributed by atoms with Crippen LogP contribution in [-0.4, -0.2) is 61.2 Å². The van der Waals surface area contributed by atoms with E-state index in [0.717, 1.165) is 62.5 Å². The molecule has 0 saturated carbocycles. The van der Waals surface area contributed by atoms with Gasteiger partial charge in [-0.3, -0.25) is 4.90 Å². The third kappa shape index (κ3) is 3.41. The predicted molar refractivity (Wildman–Crippen MR) is 102 cm³/mol. The van der Waals surface area contributed by atoms with Crippen LogP contribution in [0.2, 0.25) is 0 Å². The molecule has 3 heterocycles. The van der Waals surface area contributed by atoms with Crippen molar-refractivity contribution in [3.05, 3.63) is 41.1 Å². The molecule has 6 nitrogen and oxygen atoms in total. The number of rotatable bonds is 5. The number of carbonyl (C=O) groups is 1. The summed E-state index contributed by atoms with van der Waals surface area (Å²) in [5.74, 6) is 0.711. The summed E-state index contributed by atoms with van der Waals surface area (Å²) in [4.78, 5) is 19.2. The number of methoxy groups -OCH3 is 1. The number of fused-ring (bicyclic) bond motifs is 1. The summed E-state index contributed by atoms with van der Waals surface area (Å²) >= 11 is 0. The Bertz CT molecular complexity index is 857. The molecular weight excluding hydrogens is 329 g/mol. The molecule has 1 unspecified atom stereocenters. The predicted octanol–water partition coefficient (Wildman–Crippen LogP) is 1.33. The number of benzene rings is 1. The number of imidazole rings is 1. The lowest BCUT2D eigenvalue weighted by Crippen LogP contribution is -2.33. The Balaban J connectivity index is 1.68. The van der Waals surface area contributed by atoms with E-state index in [1.54, 1.807) is 6.07 Å². The molecule has 0 N–H and O–H groups in total. The number of carbonyl (C=O) groups excluding carboxylic acids is 1. The number of aromatic nitrogens is 2. The quantitative estimate of drug-likeness (QED) is 0.600. The third-order valence-electron chi connectivity index (χ3n) is 5.31. The van der Waals surface area contributed by atoms with Crippen LogP contribution in [0.4, 0.5) is 0 Å². The van der Waals surface area contributed by atoms with E-state index < -0.39 is 0 Å². The summed E-state index contributed by atoms with van der Waals surface area (Å²) in [5, 5.41) is 0. The van der Waals surface area contributed by atoms with Gasteiger partial charge in [-0.15, -0.1) is 5.47 Å². The molecule has 0 aliphatic carbocycles. The zero-order valence-corrected chi connectivity index (χ0v) is 15.4. The molecule has 26 heavy (non-hydrogen) atoms. The van der Waals surface area contributed by atoms with Gasteiger partial charge in [0.2, 0.25) is 0 Å². The molecule has 7 heteroatoms. The normalized spacial score (nSPS) is 20.7. The largest absolute Gasteiger partial charge is 0.465 e. The smallest absolute Gasteiger partial charge is 0.337 e. The zero-order chi connectivity index (χ0) is 18.1. The van der Waals surface area contributed by atoms with E-state index in [9.17, 15) is 4.79 Å². The Labute approximate surface area is 154 Å². The van der Waals surface area contributed by atoms with Gasteiger partial charge in [0.25, 0.3) is 0 Å². The van der Waals surface area contributed by atoms with E-state index in [1.807, 2.05) is 12.1 Å². The highest BCUT2D eigenvalue weighted by Crippen LogP contribution is 2.24. The average Bonchev–Trinajstić information content (AvgIpc) is 2.95. The van der Waals surface area contributed by atoms with E-state index in [4.69, 9.17) is 14.5 Å². The highest BCUT2D eigenvalue weighted by atomic mass is 16.5. The lowest BCUT2D eigenvalue weighted by Gasteiger charge is -2.29. The Hall–Kier alpha value is -2.12. The molecule has 1 saturated heterocycles. The van der Waals surface area contributed by atoms with Crippen molar-refractivity contribution in [2.45, 2.75) is 32.0 Å². The van der Waals surface area contributed by atoms with Crippen LogP contribution in [0.15, 0.2) is 29.7 Å². The van der Waals surface area contributed by atoms with Gasteiger partial charge in [0.15, 0.2) is 0 Å². The molecule has 2 aromatic rings. The molecule has 1 fully saturated rings. The Kier molecular flexibility index (Phi) is 4.83. The Morgan fingerprint density at radius 1 is 1.46 bits per heavy atom. The number of ether oxygens (including phenoxy) is 2. The molecule has 0 amide bonds. The minimum Gasteiger partial charge on any atom is -0.465 e. The molecule has 0 spiro atoms. The van der Waals surface area contributed by atoms with E-state index in [0.29, 0.717) is 5.56 Å². The zero-order valence-electron chi connectivity index (χ0n) is 15.4. The molecule has 4 rings (SSSR count). The van der Waals surface area contributed by atoms with E-state index in [1.165, 1.54) is 12.6 Å². The summed E-state index contributed by atoms with van der Waals surface area (Å²) in [7, 11) is 3.60. The summed E-state index contributed by atoms with van der Waals surface area (Å²) < 4.78 is 12.7. The maximum Gasteiger partial charge on any atom is 0.337 e. The van der Waals surface area contributed by atoms with Gasteiger partial charge in [0.1, 0.15) is 13.7 Å². The first kappa shape index (κ1) is 17.3. The second kappa shape index (κ2) is 7.25. The molecule has 1 atom stereocenters. The first-order valence-electron chi connectivity index (χ1n) is 9.21. The van der Waals surface area contributed by atoms with Crippen LogP contribution in [0.1, 0.15) is 29.0 Å². The van der Waals surface area contributed by atoms with Gasteiger partial charge >= 0.3 is 5.97 Å². The van der Waals surface area contributed by atoms with Crippen molar-refractivity contribution in [3.8, 4) is 0 Å². The maximum atomic E-state index is 11.9. The van der Waals surface area contributed by atoms with Crippen molar-refractivity contribution in [3.63, 3.8) is 0 Å². The van der Waals surface area contributed by atoms with Crippen LogP contribution >= 0.6 is 0 Å². The first-order chi connectivity index (χ1) is 12.6. The molecule has 2 aliphatic rings. The summed E-state index contributed by atoms with van der Waals surface area (Å²) in [6.07, 6.45) is 4.71. The molecule has 0 radical (unpaired) electrons. The molecule has 1 aromatic carbocycles. The van der Waals surface area contributed by atoms with Crippen molar-refractivity contribution in [2.75, 3.05) is 26.8 Å². The van der Waals surface area contributed by atoms with Crippen LogP contribution in [0.5, 0.6) is 0 Å². The van der Waals surface area contributed by atoms with Gasteiger partial charge in [0.05, 0.1) is 42.9 Å². The molecule has 136 valence electrons. The SMILES string of the molecule is BC1=CCN(Cc2nc3ccc(C(=O)OC)cc3n2CC2CCO2)CC1. The lowest BCUT2D eigenvalue weighted by atomic mass is 9.90. The van der Waals surface area contributed by atoms with E-state index in [2.05, 4.69) is 23.4 Å². The van der Waals surface area contributed by atoms with Crippen LogP contribution in [0, 0.1) is 0 Å². The standard InChI is InChI=1S/C19H24BN3O3/c1-25-19(24)13-2-3-16-17(10-13)23(11-15-6-9-26-15)18(21-16)12-22-7-4-14(20)5-8-22/h2-4,10,15H,5-9,11-12,20H2,1H3. The number of esters is 1. The number of nitrogens with zero attached hydrogens (tertiary/aromatic N) is 3. The van der Waals surface area contributed by atoms with Crippen LogP contribution < -0.4 is 0 Å². The van der Waals surface area contributed by atoms with Gasteiger partial charge < -0.3 is 14.0 Å². The Morgan fingerprint density at radius 3 is 2.96 bits per heavy atom. The monoisotopic (exact) mass is 353 g/mol. The maximum absolute atomic E-state index is 11.9. The van der Waals surface area contributed by atoms with Crippen molar-refractivity contribution in [1.82, 2.24) is 14.5 Å². The minimum atomic E-state index is -0.322. The topological polar surface area (TPSA) is 56.6 Å². The van der Waals surface area contributed by atoms with Gasteiger partial charge in [-0.1, -0.05) is 6.08 Å². The fourth-order valence-electron chi connectivity index (χ4n) is 3.53. The average molecular weight is 353 g/mol. The van der Waals surface area contributed by atoms with Crippen molar-refractivity contribution >= 4 is 24.8 Å². The van der Waals surface area contributed by atoms with Crippen LogP contribution in [0.25, 0.3) is 11.0 Å². The first-order valence-corrected chi connectivity index (χ1v) is 9.21. The Morgan fingerprint density at radius 2 is 2.31 bits per heavy atom. The third-order valence-corrected chi connectivity index (χ3v) is 5.31. The van der Waals surface area contributed by atoms with Gasteiger partial charge in [0, 0.05) is 19.7 Å². The molecule has 1 aromatic heterocycles.